The van der Waals surface area contributed by atoms with Gasteiger partial charge in [0.1, 0.15) is 5.82 Å². The number of esters is 1. The van der Waals surface area contributed by atoms with Gasteiger partial charge in [-0.3, -0.25) is 9.59 Å². The molecule has 1 heterocycles. The minimum Gasteiger partial charge on any atom is -0.469 e. The Morgan fingerprint density at radius 3 is 2.95 bits per heavy atom. The van der Waals surface area contributed by atoms with Crippen molar-refractivity contribution in [2.75, 3.05) is 7.11 Å². The first kappa shape index (κ1) is 13.2. The van der Waals surface area contributed by atoms with Crippen LogP contribution in [0.1, 0.15) is 18.5 Å². The number of nitrogens with zero attached hydrogens (tertiary/aromatic N) is 1. The number of hydrogen-bond acceptors (Lipinski definition) is 4. The van der Waals surface area contributed by atoms with Crippen LogP contribution in [0.3, 0.4) is 0 Å². The van der Waals surface area contributed by atoms with Crippen LogP contribution in [0.15, 0.2) is 23.0 Å². The molecule has 6 heteroatoms. The number of methoxy groups -OCH3 is 1. The molecule has 5 nitrogen and oxygen atoms in total. The van der Waals surface area contributed by atoms with Gasteiger partial charge in [0.05, 0.1) is 18.2 Å². The summed E-state index contributed by atoms with van der Waals surface area (Å²) in [6.45, 7) is 0. The van der Waals surface area contributed by atoms with Crippen molar-refractivity contribution in [2.45, 2.75) is 19.3 Å². The monoisotopic (exact) mass is 264 g/mol. The summed E-state index contributed by atoms with van der Waals surface area (Å²) in [5, 5.41) is 7.15. The van der Waals surface area contributed by atoms with Crippen molar-refractivity contribution in [3.05, 3.63) is 40.1 Å². The van der Waals surface area contributed by atoms with E-state index < -0.39 is 11.4 Å². The quantitative estimate of drug-likeness (QED) is 0.850. The molecule has 0 aliphatic heterocycles. The first-order chi connectivity index (χ1) is 9.11. The van der Waals surface area contributed by atoms with Crippen LogP contribution in [0.4, 0.5) is 4.39 Å². The number of carbonyl (C=O) groups excluding carboxylic acids is 1. The van der Waals surface area contributed by atoms with E-state index in [1.807, 2.05) is 0 Å². The van der Waals surface area contributed by atoms with Crippen molar-refractivity contribution < 1.29 is 13.9 Å². The van der Waals surface area contributed by atoms with Gasteiger partial charge in [-0.25, -0.2) is 9.49 Å². The molecular weight excluding hydrogens is 251 g/mol. The first-order valence-electron chi connectivity index (χ1n) is 5.85. The van der Waals surface area contributed by atoms with E-state index in [0.717, 1.165) is 0 Å². The Hall–Kier alpha value is -2.24. The molecule has 0 aliphatic carbocycles. The summed E-state index contributed by atoms with van der Waals surface area (Å²) in [5.74, 6) is -0.760. The summed E-state index contributed by atoms with van der Waals surface area (Å²) in [5.41, 5.74) is 0.213. The highest BCUT2D eigenvalue weighted by molar-refractivity contribution is 5.83. The van der Waals surface area contributed by atoms with Crippen LogP contribution in [0.5, 0.6) is 0 Å². The van der Waals surface area contributed by atoms with Crippen molar-refractivity contribution in [3.8, 4) is 0 Å². The number of aryl methyl sites for hydroxylation is 1. The van der Waals surface area contributed by atoms with Gasteiger partial charge in [0, 0.05) is 11.8 Å². The highest BCUT2D eigenvalue weighted by Gasteiger charge is 2.08. The van der Waals surface area contributed by atoms with E-state index in [2.05, 4.69) is 14.9 Å². The van der Waals surface area contributed by atoms with E-state index in [0.29, 0.717) is 23.9 Å². The lowest BCUT2D eigenvalue weighted by molar-refractivity contribution is -0.140. The largest absolute Gasteiger partial charge is 0.469 e. The van der Waals surface area contributed by atoms with E-state index in [4.69, 9.17) is 0 Å². The van der Waals surface area contributed by atoms with Crippen LogP contribution in [-0.2, 0) is 16.0 Å². The standard InChI is InChI=1S/C13H13FN2O3/c1-19-12(17)4-2-3-11-9-6-5-8(14)7-10(9)13(18)16-15-11/h5-7H,2-4H2,1H3,(H,16,18). The molecule has 19 heavy (non-hydrogen) atoms. The van der Waals surface area contributed by atoms with Gasteiger partial charge in [0.25, 0.3) is 5.56 Å². The van der Waals surface area contributed by atoms with Gasteiger partial charge in [-0.05, 0) is 31.0 Å². The van der Waals surface area contributed by atoms with Gasteiger partial charge in [0.15, 0.2) is 0 Å². The van der Waals surface area contributed by atoms with Gasteiger partial charge in [0.2, 0.25) is 0 Å². The van der Waals surface area contributed by atoms with Crippen LogP contribution in [0, 0.1) is 5.82 Å². The molecule has 2 rings (SSSR count). The number of H-pyrrole nitrogens is 1. The van der Waals surface area contributed by atoms with Crippen LogP contribution in [-0.4, -0.2) is 23.3 Å². The average molecular weight is 264 g/mol. The molecule has 0 saturated heterocycles. The summed E-state index contributed by atoms with van der Waals surface area (Å²) >= 11 is 0. The molecule has 100 valence electrons. The lowest BCUT2D eigenvalue weighted by Gasteiger charge is -2.04. The van der Waals surface area contributed by atoms with Crippen LogP contribution in [0.2, 0.25) is 0 Å². The number of nitrogens with one attached hydrogen (secondary N) is 1. The lowest BCUT2D eigenvalue weighted by atomic mass is 10.1. The predicted octanol–water partition coefficient (Wildman–Crippen LogP) is 1.56. The number of aromatic amines is 1. The zero-order valence-corrected chi connectivity index (χ0v) is 10.4. The fourth-order valence-electron chi connectivity index (χ4n) is 1.89. The van der Waals surface area contributed by atoms with E-state index in [-0.39, 0.29) is 17.8 Å². The zero-order chi connectivity index (χ0) is 13.8. The molecule has 2 aromatic rings. The third kappa shape index (κ3) is 2.96. The van der Waals surface area contributed by atoms with Gasteiger partial charge >= 0.3 is 5.97 Å². The van der Waals surface area contributed by atoms with Gasteiger partial charge < -0.3 is 4.74 Å². The van der Waals surface area contributed by atoms with Crippen molar-refractivity contribution in [2.24, 2.45) is 0 Å². The molecule has 0 atom stereocenters. The Balaban J connectivity index is 2.27. The molecule has 0 radical (unpaired) electrons. The van der Waals surface area contributed by atoms with E-state index in [9.17, 15) is 14.0 Å². The smallest absolute Gasteiger partial charge is 0.305 e. The Morgan fingerprint density at radius 1 is 1.42 bits per heavy atom. The Kier molecular flexibility index (Phi) is 3.89. The van der Waals surface area contributed by atoms with Gasteiger partial charge in [-0.2, -0.15) is 5.10 Å². The highest BCUT2D eigenvalue weighted by Crippen LogP contribution is 2.16. The summed E-state index contributed by atoms with van der Waals surface area (Å²) in [7, 11) is 1.33. The molecular formula is C13H13FN2O3. The van der Waals surface area contributed by atoms with Gasteiger partial charge in [-0.1, -0.05) is 0 Å². The van der Waals surface area contributed by atoms with Crippen molar-refractivity contribution in [1.29, 1.82) is 0 Å². The second-order valence-corrected chi connectivity index (χ2v) is 4.12. The van der Waals surface area contributed by atoms with E-state index >= 15 is 0 Å². The number of carbonyl (C=O) groups is 1. The fourth-order valence-corrected chi connectivity index (χ4v) is 1.89. The molecule has 1 aromatic carbocycles. The second-order valence-electron chi connectivity index (χ2n) is 4.12. The summed E-state index contributed by atoms with van der Waals surface area (Å²) in [6.07, 6.45) is 1.34. The third-order valence-corrected chi connectivity index (χ3v) is 2.85. The molecule has 0 amide bonds. The number of ether oxygens (including phenoxy) is 1. The number of fused-ring (bicyclic) bond motifs is 1. The number of benzene rings is 1. The highest BCUT2D eigenvalue weighted by atomic mass is 19.1. The molecule has 0 saturated carbocycles. The number of rotatable bonds is 4. The van der Waals surface area contributed by atoms with E-state index in [1.165, 1.54) is 25.3 Å². The number of hydrogen-bond donors (Lipinski definition) is 1. The molecule has 0 bridgehead atoms. The summed E-state index contributed by atoms with van der Waals surface area (Å²) in [6, 6.07) is 3.99. The predicted molar refractivity (Wildman–Crippen MR) is 67.3 cm³/mol. The molecule has 1 aromatic heterocycles. The van der Waals surface area contributed by atoms with E-state index in [1.54, 1.807) is 0 Å². The Morgan fingerprint density at radius 2 is 2.21 bits per heavy atom. The van der Waals surface area contributed by atoms with Crippen LogP contribution in [0.25, 0.3) is 10.8 Å². The second kappa shape index (κ2) is 5.60. The molecule has 0 spiro atoms. The Bertz CT molecular complexity index is 666. The van der Waals surface area contributed by atoms with Gasteiger partial charge in [-0.15, -0.1) is 0 Å². The summed E-state index contributed by atoms with van der Waals surface area (Å²) < 4.78 is 17.7. The fraction of sp³-hybridized carbons (Fsp3) is 0.308. The van der Waals surface area contributed by atoms with Crippen molar-refractivity contribution in [3.63, 3.8) is 0 Å². The molecule has 1 N–H and O–H groups in total. The molecule has 0 aliphatic rings. The molecule has 0 unspecified atom stereocenters. The maximum atomic E-state index is 13.1. The minimum atomic E-state index is -0.468. The third-order valence-electron chi connectivity index (χ3n) is 2.85. The first-order valence-corrected chi connectivity index (χ1v) is 5.85. The minimum absolute atomic E-state index is 0.267. The van der Waals surface area contributed by atoms with Crippen molar-refractivity contribution >= 4 is 16.7 Å². The maximum Gasteiger partial charge on any atom is 0.305 e. The number of aromatic nitrogens is 2. The lowest BCUT2D eigenvalue weighted by Crippen LogP contribution is -2.11. The normalized spacial score (nSPS) is 10.6. The SMILES string of the molecule is COC(=O)CCCc1n[nH]c(=O)c2cc(F)ccc12. The van der Waals surface area contributed by atoms with Crippen LogP contribution >= 0.6 is 0 Å². The zero-order valence-electron chi connectivity index (χ0n) is 10.4. The number of halogens is 1. The molecule has 0 fully saturated rings. The average Bonchev–Trinajstić information content (AvgIpc) is 2.41. The van der Waals surface area contributed by atoms with Crippen LogP contribution < -0.4 is 5.56 Å². The topological polar surface area (TPSA) is 72.0 Å². The summed E-state index contributed by atoms with van der Waals surface area (Å²) in [4.78, 5) is 22.6. The maximum absolute atomic E-state index is 13.1. The van der Waals surface area contributed by atoms with Crippen molar-refractivity contribution in [1.82, 2.24) is 10.2 Å². The Labute approximate surface area is 108 Å².